The largest absolute Gasteiger partial charge is 0.391 e. The molecule has 1 unspecified atom stereocenters. The molecule has 1 saturated carbocycles. The average molecular weight is 318 g/mol. The Morgan fingerprint density at radius 3 is 2.70 bits per heavy atom. The van der Waals surface area contributed by atoms with E-state index < -0.39 is 16.1 Å². The number of hydrogen-bond donors (Lipinski definition) is 2. The van der Waals surface area contributed by atoms with E-state index in [1.54, 1.807) is 19.1 Å². The van der Waals surface area contributed by atoms with Crippen molar-refractivity contribution < 1.29 is 13.5 Å². The van der Waals surface area contributed by atoms with E-state index in [0.717, 1.165) is 25.7 Å². The minimum atomic E-state index is -3.68. The van der Waals surface area contributed by atoms with Crippen LogP contribution in [0.5, 0.6) is 0 Å². The Hall–Kier alpha value is -0.620. The Labute approximate surface area is 125 Å². The molecule has 2 N–H and O–H groups in total. The Morgan fingerprint density at radius 1 is 1.40 bits per heavy atom. The van der Waals surface area contributed by atoms with Gasteiger partial charge in [0.2, 0.25) is 10.0 Å². The summed E-state index contributed by atoms with van der Waals surface area (Å²) in [6, 6.07) is 4.89. The van der Waals surface area contributed by atoms with Crippen molar-refractivity contribution in [3.8, 4) is 0 Å². The van der Waals surface area contributed by atoms with Gasteiger partial charge in [-0.25, -0.2) is 13.1 Å². The smallest absolute Gasteiger partial charge is 0.242 e. The monoisotopic (exact) mass is 317 g/mol. The molecule has 1 aromatic carbocycles. The number of sulfonamides is 1. The van der Waals surface area contributed by atoms with Crippen molar-refractivity contribution in [2.45, 2.75) is 43.6 Å². The van der Waals surface area contributed by atoms with Gasteiger partial charge < -0.3 is 5.11 Å². The number of rotatable bonds is 5. The number of hydrogen-bond acceptors (Lipinski definition) is 3. The summed E-state index contributed by atoms with van der Waals surface area (Å²) in [6.45, 7) is 1.80. The highest BCUT2D eigenvalue weighted by molar-refractivity contribution is 7.89. The van der Waals surface area contributed by atoms with Crippen LogP contribution in [0.1, 0.15) is 31.2 Å². The molecule has 2 rings (SSSR count). The van der Waals surface area contributed by atoms with Crippen LogP contribution in [0.15, 0.2) is 23.1 Å². The molecule has 1 fully saturated rings. The van der Waals surface area contributed by atoms with Gasteiger partial charge in [-0.3, -0.25) is 0 Å². The van der Waals surface area contributed by atoms with Crippen molar-refractivity contribution in [1.82, 2.24) is 4.72 Å². The quantitative estimate of drug-likeness (QED) is 0.876. The molecular weight excluding hydrogens is 298 g/mol. The van der Waals surface area contributed by atoms with Crippen molar-refractivity contribution in [2.24, 2.45) is 5.92 Å². The van der Waals surface area contributed by atoms with Gasteiger partial charge in [-0.05, 0) is 37.3 Å². The van der Waals surface area contributed by atoms with E-state index in [1.165, 1.54) is 6.07 Å². The maximum absolute atomic E-state index is 12.2. The lowest BCUT2D eigenvalue weighted by Gasteiger charge is -2.18. The minimum absolute atomic E-state index is 0.0390. The van der Waals surface area contributed by atoms with E-state index in [4.69, 9.17) is 11.6 Å². The van der Waals surface area contributed by atoms with Gasteiger partial charge in [0, 0.05) is 6.54 Å². The standard InChI is InChI=1S/C14H20ClNO3S/c1-10-5-4-8-13(14(10)15)20(18,19)16-9-12(17)11-6-2-3-7-11/h4-5,8,11-12,16-17H,2-3,6-7,9H2,1H3. The first kappa shape index (κ1) is 15.8. The lowest BCUT2D eigenvalue weighted by Crippen LogP contribution is -2.35. The summed E-state index contributed by atoms with van der Waals surface area (Å²) < 4.78 is 26.9. The Morgan fingerprint density at radius 2 is 2.05 bits per heavy atom. The average Bonchev–Trinajstić information content (AvgIpc) is 2.93. The molecule has 20 heavy (non-hydrogen) atoms. The molecule has 0 heterocycles. The molecule has 0 radical (unpaired) electrons. The van der Waals surface area contributed by atoms with Gasteiger partial charge in [-0.1, -0.05) is 36.6 Å². The molecule has 1 aliphatic carbocycles. The first-order valence-corrected chi connectivity index (χ1v) is 8.71. The van der Waals surface area contributed by atoms with Crippen molar-refractivity contribution >= 4 is 21.6 Å². The second-order valence-electron chi connectivity index (χ2n) is 5.35. The van der Waals surface area contributed by atoms with Gasteiger partial charge in [-0.2, -0.15) is 0 Å². The van der Waals surface area contributed by atoms with Crippen LogP contribution < -0.4 is 4.72 Å². The summed E-state index contributed by atoms with van der Waals surface area (Å²) >= 11 is 6.04. The fourth-order valence-electron chi connectivity index (χ4n) is 2.61. The zero-order valence-corrected chi connectivity index (χ0v) is 13.0. The number of aliphatic hydroxyl groups is 1. The zero-order valence-electron chi connectivity index (χ0n) is 11.5. The third-order valence-corrected chi connectivity index (χ3v) is 5.95. The molecule has 1 aliphatic rings. The molecule has 0 spiro atoms. The minimum Gasteiger partial charge on any atom is -0.391 e. The van der Waals surface area contributed by atoms with E-state index in [1.807, 2.05) is 0 Å². The zero-order chi connectivity index (χ0) is 14.8. The maximum Gasteiger partial charge on any atom is 0.242 e. The molecule has 1 aromatic rings. The molecule has 1 atom stereocenters. The van der Waals surface area contributed by atoms with Crippen molar-refractivity contribution in [1.29, 1.82) is 0 Å². The summed E-state index contributed by atoms with van der Waals surface area (Å²) in [5.41, 5.74) is 0.714. The van der Waals surface area contributed by atoms with Gasteiger partial charge >= 0.3 is 0 Å². The summed E-state index contributed by atoms with van der Waals surface area (Å²) in [7, 11) is -3.68. The van der Waals surface area contributed by atoms with Crippen LogP contribution in [0.25, 0.3) is 0 Å². The first-order valence-electron chi connectivity index (χ1n) is 6.84. The van der Waals surface area contributed by atoms with Gasteiger partial charge in [-0.15, -0.1) is 0 Å². The molecule has 112 valence electrons. The van der Waals surface area contributed by atoms with E-state index >= 15 is 0 Å². The van der Waals surface area contributed by atoms with Gasteiger partial charge in [0.15, 0.2) is 0 Å². The first-order chi connectivity index (χ1) is 9.42. The highest BCUT2D eigenvalue weighted by Crippen LogP contribution is 2.28. The van der Waals surface area contributed by atoms with Crippen LogP contribution in [0.4, 0.5) is 0 Å². The molecule has 0 saturated heterocycles. The van der Waals surface area contributed by atoms with Crippen LogP contribution in [0, 0.1) is 12.8 Å². The van der Waals surface area contributed by atoms with Crippen molar-refractivity contribution in [2.75, 3.05) is 6.54 Å². The Balaban J connectivity index is 2.05. The lowest BCUT2D eigenvalue weighted by molar-refractivity contribution is 0.115. The van der Waals surface area contributed by atoms with Gasteiger partial charge in [0.1, 0.15) is 4.90 Å². The van der Waals surface area contributed by atoms with Crippen molar-refractivity contribution in [3.05, 3.63) is 28.8 Å². The van der Waals surface area contributed by atoms with Crippen molar-refractivity contribution in [3.63, 3.8) is 0 Å². The summed E-state index contributed by atoms with van der Waals surface area (Å²) in [4.78, 5) is 0.0674. The number of aliphatic hydroxyl groups excluding tert-OH is 1. The van der Waals surface area contributed by atoms with E-state index in [2.05, 4.69) is 4.72 Å². The second kappa shape index (κ2) is 6.43. The highest BCUT2D eigenvalue weighted by Gasteiger charge is 2.25. The number of aryl methyl sites for hydroxylation is 1. The van der Waals surface area contributed by atoms with Gasteiger partial charge in [0.05, 0.1) is 11.1 Å². The SMILES string of the molecule is Cc1cccc(S(=O)(=O)NCC(O)C2CCCC2)c1Cl. The fourth-order valence-corrected chi connectivity index (χ4v) is 4.24. The summed E-state index contributed by atoms with van der Waals surface area (Å²) in [6.07, 6.45) is 3.52. The molecule has 0 amide bonds. The number of nitrogens with one attached hydrogen (secondary N) is 1. The second-order valence-corrected chi connectivity index (χ2v) is 7.46. The normalized spacial score (nSPS) is 18.4. The van der Waals surface area contributed by atoms with Crippen LogP contribution >= 0.6 is 11.6 Å². The molecule has 0 aliphatic heterocycles. The summed E-state index contributed by atoms with van der Waals surface area (Å²) in [5.74, 6) is 0.200. The predicted molar refractivity (Wildman–Crippen MR) is 79.3 cm³/mol. The summed E-state index contributed by atoms with van der Waals surface area (Å²) in [5, 5.41) is 10.3. The molecule has 0 bridgehead atoms. The van der Waals surface area contributed by atoms with Crippen LogP contribution in [-0.4, -0.2) is 26.2 Å². The van der Waals surface area contributed by atoms with E-state index in [9.17, 15) is 13.5 Å². The Kier molecular flexibility index (Phi) is 5.07. The predicted octanol–water partition coefficient (Wildman–Crippen LogP) is 2.48. The topological polar surface area (TPSA) is 66.4 Å². The lowest BCUT2D eigenvalue weighted by atomic mass is 10.0. The highest BCUT2D eigenvalue weighted by atomic mass is 35.5. The van der Waals surface area contributed by atoms with Gasteiger partial charge in [0.25, 0.3) is 0 Å². The molecule has 0 aromatic heterocycles. The van der Waals surface area contributed by atoms with E-state index in [-0.39, 0.29) is 22.4 Å². The molecule has 4 nitrogen and oxygen atoms in total. The third kappa shape index (κ3) is 3.52. The number of benzene rings is 1. The van der Waals surface area contributed by atoms with Crippen LogP contribution in [0.3, 0.4) is 0 Å². The third-order valence-electron chi connectivity index (χ3n) is 3.87. The van der Waals surface area contributed by atoms with Crippen LogP contribution in [-0.2, 0) is 10.0 Å². The van der Waals surface area contributed by atoms with Crippen LogP contribution in [0.2, 0.25) is 5.02 Å². The Bertz CT molecular complexity index is 568. The molecular formula is C14H20ClNO3S. The molecule has 6 heteroatoms. The number of halogens is 1. The maximum atomic E-state index is 12.2. The van der Waals surface area contributed by atoms with E-state index in [0.29, 0.717) is 5.56 Å². The fraction of sp³-hybridized carbons (Fsp3) is 0.571.